The van der Waals surface area contributed by atoms with E-state index in [9.17, 15) is 14.4 Å². The van der Waals surface area contributed by atoms with Crippen LogP contribution in [0, 0.1) is 17.8 Å². The summed E-state index contributed by atoms with van der Waals surface area (Å²) in [6, 6.07) is -0.716. The molecule has 1 aliphatic rings. The number of nitrogens with one attached hydrogen (secondary N) is 1. The van der Waals surface area contributed by atoms with E-state index in [4.69, 9.17) is 9.84 Å². The van der Waals surface area contributed by atoms with Gasteiger partial charge in [0.15, 0.2) is 0 Å². The Kier molecular flexibility index (Phi) is 6.59. The van der Waals surface area contributed by atoms with Crippen molar-refractivity contribution in [1.82, 2.24) is 5.32 Å². The van der Waals surface area contributed by atoms with E-state index in [2.05, 4.69) is 5.32 Å². The standard InChI is InChI=1S/C17H29NO5/c1-10(2)13(16(22)23-17(3,4)5)18-14(19)11-7-6-8-12(9-11)15(20)21/h10-13H,6-9H2,1-5H3,(H,18,19)(H,20,21)/t11-,12+,13?/m1/s1. The molecule has 0 spiro atoms. The first-order valence-corrected chi connectivity index (χ1v) is 8.27. The normalized spacial score (nSPS) is 23.2. The summed E-state index contributed by atoms with van der Waals surface area (Å²) in [4.78, 5) is 35.8. The van der Waals surface area contributed by atoms with Gasteiger partial charge in [-0.05, 0) is 46.0 Å². The third-order valence-corrected chi connectivity index (χ3v) is 4.02. The molecule has 1 amide bonds. The van der Waals surface area contributed by atoms with Crippen LogP contribution in [0.3, 0.4) is 0 Å². The minimum atomic E-state index is -0.852. The van der Waals surface area contributed by atoms with Gasteiger partial charge in [0.2, 0.25) is 5.91 Å². The van der Waals surface area contributed by atoms with Crippen molar-refractivity contribution in [3.05, 3.63) is 0 Å². The van der Waals surface area contributed by atoms with Crippen molar-refractivity contribution in [1.29, 1.82) is 0 Å². The van der Waals surface area contributed by atoms with Crippen LogP contribution in [-0.2, 0) is 19.1 Å². The molecule has 0 aromatic heterocycles. The first-order chi connectivity index (χ1) is 10.5. The number of hydrogen-bond donors (Lipinski definition) is 2. The molecule has 1 fully saturated rings. The highest BCUT2D eigenvalue weighted by molar-refractivity contribution is 5.86. The molecule has 0 aliphatic heterocycles. The van der Waals surface area contributed by atoms with Crippen molar-refractivity contribution in [2.45, 2.75) is 71.9 Å². The Hall–Kier alpha value is -1.59. The Morgan fingerprint density at radius 1 is 1.13 bits per heavy atom. The molecule has 2 N–H and O–H groups in total. The minimum Gasteiger partial charge on any atom is -0.481 e. The summed E-state index contributed by atoms with van der Waals surface area (Å²) in [7, 11) is 0. The number of amides is 1. The minimum absolute atomic E-state index is 0.104. The molecule has 0 saturated heterocycles. The first-order valence-electron chi connectivity index (χ1n) is 8.27. The Balaban J connectivity index is 2.70. The maximum Gasteiger partial charge on any atom is 0.329 e. The average molecular weight is 327 g/mol. The summed E-state index contributed by atoms with van der Waals surface area (Å²) in [5.74, 6) is -2.48. The van der Waals surface area contributed by atoms with Gasteiger partial charge in [-0.25, -0.2) is 4.79 Å². The Labute approximate surface area is 138 Å². The number of carbonyl (C=O) groups is 3. The number of carboxylic acid groups (broad SMARTS) is 1. The second-order valence-electron chi connectivity index (χ2n) is 7.66. The number of aliphatic carboxylic acids is 1. The van der Waals surface area contributed by atoms with Crippen molar-refractivity contribution in [2.75, 3.05) is 0 Å². The molecule has 0 aromatic carbocycles. The Bertz CT molecular complexity index is 452. The maximum atomic E-state index is 12.4. The van der Waals surface area contributed by atoms with E-state index in [0.717, 1.165) is 0 Å². The van der Waals surface area contributed by atoms with Crippen LogP contribution >= 0.6 is 0 Å². The van der Waals surface area contributed by atoms with E-state index in [1.807, 2.05) is 13.8 Å². The molecule has 6 heteroatoms. The molecular formula is C17H29NO5. The predicted molar refractivity (Wildman–Crippen MR) is 85.7 cm³/mol. The van der Waals surface area contributed by atoms with E-state index in [1.165, 1.54) is 0 Å². The third kappa shape index (κ3) is 6.20. The molecule has 3 atom stereocenters. The monoisotopic (exact) mass is 327 g/mol. The number of hydrogen-bond acceptors (Lipinski definition) is 4. The molecule has 1 rings (SSSR count). The van der Waals surface area contributed by atoms with Gasteiger partial charge >= 0.3 is 11.9 Å². The van der Waals surface area contributed by atoms with E-state index in [1.54, 1.807) is 20.8 Å². The van der Waals surface area contributed by atoms with Gasteiger partial charge in [-0.2, -0.15) is 0 Å². The number of carbonyl (C=O) groups excluding carboxylic acids is 2. The number of rotatable bonds is 5. The summed E-state index contributed by atoms with van der Waals surface area (Å²) in [6.07, 6.45) is 2.32. The lowest BCUT2D eigenvalue weighted by Gasteiger charge is -2.30. The van der Waals surface area contributed by atoms with Gasteiger partial charge in [0.05, 0.1) is 5.92 Å². The zero-order valence-electron chi connectivity index (χ0n) is 14.7. The average Bonchev–Trinajstić information content (AvgIpc) is 2.42. The molecule has 6 nitrogen and oxygen atoms in total. The molecule has 0 radical (unpaired) electrons. The fourth-order valence-electron chi connectivity index (χ4n) is 2.79. The van der Waals surface area contributed by atoms with Gasteiger partial charge in [-0.1, -0.05) is 20.3 Å². The summed E-state index contributed by atoms with van der Waals surface area (Å²) in [5, 5.41) is 11.9. The van der Waals surface area contributed by atoms with Crippen LogP contribution in [0.1, 0.15) is 60.3 Å². The van der Waals surface area contributed by atoms with Crippen LogP contribution in [-0.4, -0.2) is 34.6 Å². The second-order valence-corrected chi connectivity index (χ2v) is 7.66. The maximum absolute atomic E-state index is 12.4. The van der Waals surface area contributed by atoms with E-state index >= 15 is 0 Å². The molecular weight excluding hydrogens is 298 g/mol. The van der Waals surface area contributed by atoms with Gasteiger partial charge in [0.1, 0.15) is 11.6 Å². The molecule has 132 valence electrons. The van der Waals surface area contributed by atoms with Gasteiger partial charge in [0.25, 0.3) is 0 Å². The Morgan fingerprint density at radius 3 is 2.17 bits per heavy atom. The lowest BCUT2D eigenvalue weighted by Crippen LogP contribution is -2.49. The summed E-state index contributed by atoms with van der Waals surface area (Å²) < 4.78 is 5.36. The summed E-state index contributed by atoms with van der Waals surface area (Å²) in [6.45, 7) is 9.03. The molecule has 23 heavy (non-hydrogen) atoms. The molecule has 1 aliphatic carbocycles. The van der Waals surface area contributed by atoms with E-state index in [-0.39, 0.29) is 17.7 Å². The van der Waals surface area contributed by atoms with Crippen molar-refractivity contribution < 1.29 is 24.2 Å². The first kappa shape index (κ1) is 19.5. The van der Waals surface area contributed by atoms with Crippen LogP contribution < -0.4 is 5.32 Å². The van der Waals surface area contributed by atoms with Crippen molar-refractivity contribution >= 4 is 17.8 Å². The topological polar surface area (TPSA) is 92.7 Å². The fraction of sp³-hybridized carbons (Fsp3) is 0.824. The molecule has 1 saturated carbocycles. The predicted octanol–water partition coefficient (Wildman–Crippen LogP) is 2.36. The van der Waals surface area contributed by atoms with Crippen LogP contribution in [0.25, 0.3) is 0 Å². The number of ether oxygens (including phenoxy) is 1. The van der Waals surface area contributed by atoms with Crippen LogP contribution in [0.2, 0.25) is 0 Å². The van der Waals surface area contributed by atoms with Crippen LogP contribution in [0.5, 0.6) is 0 Å². The lowest BCUT2D eigenvalue weighted by atomic mass is 9.81. The van der Waals surface area contributed by atoms with Gasteiger partial charge in [-0.3, -0.25) is 9.59 Å². The zero-order chi connectivity index (χ0) is 17.8. The summed E-state index contributed by atoms with van der Waals surface area (Å²) in [5.41, 5.74) is -0.617. The highest BCUT2D eigenvalue weighted by Gasteiger charge is 2.35. The van der Waals surface area contributed by atoms with E-state index < -0.39 is 29.5 Å². The fourth-order valence-corrected chi connectivity index (χ4v) is 2.79. The van der Waals surface area contributed by atoms with Crippen molar-refractivity contribution in [3.63, 3.8) is 0 Å². The Morgan fingerprint density at radius 2 is 1.70 bits per heavy atom. The molecule has 0 bridgehead atoms. The highest BCUT2D eigenvalue weighted by atomic mass is 16.6. The summed E-state index contributed by atoms with van der Waals surface area (Å²) >= 11 is 0. The molecule has 0 aromatic rings. The number of carboxylic acids is 1. The molecule has 0 heterocycles. The number of esters is 1. The van der Waals surface area contributed by atoms with Crippen LogP contribution in [0.4, 0.5) is 0 Å². The van der Waals surface area contributed by atoms with Gasteiger partial charge in [-0.15, -0.1) is 0 Å². The van der Waals surface area contributed by atoms with Gasteiger partial charge in [0, 0.05) is 5.92 Å². The van der Waals surface area contributed by atoms with Crippen LogP contribution in [0.15, 0.2) is 0 Å². The third-order valence-electron chi connectivity index (χ3n) is 4.02. The second kappa shape index (κ2) is 7.79. The highest BCUT2D eigenvalue weighted by Crippen LogP contribution is 2.29. The largest absolute Gasteiger partial charge is 0.481 e. The lowest BCUT2D eigenvalue weighted by molar-refractivity contribution is -0.160. The van der Waals surface area contributed by atoms with E-state index in [0.29, 0.717) is 25.7 Å². The van der Waals surface area contributed by atoms with Gasteiger partial charge < -0.3 is 15.2 Å². The zero-order valence-corrected chi connectivity index (χ0v) is 14.7. The smallest absolute Gasteiger partial charge is 0.329 e. The van der Waals surface area contributed by atoms with Crippen molar-refractivity contribution in [2.24, 2.45) is 17.8 Å². The quantitative estimate of drug-likeness (QED) is 0.756. The molecule has 1 unspecified atom stereocenters. The van der Waals surface area contributed by atoms with Crippen molar-refractivity contribution in [3.8, 4) is 0 Å². The SMILES string of the molecule is CC(C)C(NC(=O)[C@@H]1CCC[C@H](C(=O)O)C1)C(=O)OC(C)(C)C.